The average Bonchev–Trinajstić information content (AvgIpc) is 3.23. The van der Waals surface area contributed by atoms with Gasteiger partial charge in [-0.3, -0.25) is 4.79 Å². The first-order valence-electron chi connectivity index (χ1n) is 14.7. The Hall–Kier alpha value is -4.37. The number of fused-ring (bicyclic) bond motifs is 5. The number of ether oxygens (including phenoxy) is 1. The lowest BCUT2D eigenvalue weighted by Crippen LogP contribution is -2.31. The van der Waals surface area contributed by atoms with Gasteiger partial charge in [0, 0.05) is 30.8 Å². The zero-order valence-corrected chi connectivity index (χ0v) is 23.5. The Bertz CT molecular complexity index is 1880. The Morgan fingerprint density at radius 3 is 2.68 bits per heavy atom. The summed E-state index contributed by atoms with van der Waals surface area (Å²) in [7, 11) is 1.45. The van der Waals surface area contributed by atoms with E-state index in [0.29, 0.717) is 12.8 Å². The highest BCUT2D eigenvalue weighted by Gasteiger charge is 2.25. The Morgan fingerprint density at radius 2 is 1.80 bits per heavy atom. The molecule has 1 radical (unpaired) electrons. The van der Waals surface area contributed by atoms with Crippen molar-refractivity contribution in [2.75, 3.05) is 13.7 Å². The number of carbonyl (C=O) groups is 1. The van der Waals surface area contributed by atoms with Crippen LogP contribution in [0.25, 0.3) is 17.8 Å². The van der Waals surface area contributed by atoms with Crippen molar-refractivity contribution in [2.45, 2.75) is 44.4 Å². The zero-order chi connectivity index (χ0) is 27.8. The topological polar surface area (TPSA) is 29.5 Å². The Labute approximate surface area is 241 Å². The van der Waals surface area contributed by atoms with Gasteiger partial charge in [0.15, 0.2) is 0 Å². The van der Waals surface area contributed by atoms with Crippen LogP contribution in [-0.2, 0) is 28.8 Å². The van der Waals surface area contributed by atoms with Crippen molar-refractivity contribution in [3.8, 4) is 0 Å². The van der Waals surface area contributed by atoms with Crippen molar-refractivity contribution >= 4 is 23.8 Å². The minimum Gasteiger partial charge on any atom is -0.469 e. The van der Waals surface area contributed by atoms with Crippen LogP contribution >= 0.6 is 0 Å². The van der Waals surface area contributed by atoms with E-state index in [-0.39, 0.29) is 11.9 Å². The van der Waals surface area contributed by atoms with Crippen LogP contribution < -0.4 is 10.4 Å². The maximum Gasteiger partial charge on any atom is 0.305 e. The largest absolute Gasteiger partial charge is 0.469 e. The molecule has 7 rings (SSSR count). The second-order valence-electron chi connectivity index (χ2n) is 11.3. The van der Waals surface area contributed by atoms with E-state index in [0.717, 1.165) is 31.4 Å². The normalized spacial score (nSPS) is 17.0. The monoisotopic (exact) mass is 536 g/mol. The predicted octanol–water partition coefficient (Wildman–Crippen LogP) is 5.78. The molecule has 1 unspecified atom stereocenters. The third kappa shape index (κ3) is 4.80. The SMILES string of the molecule is COC(=O)CCc1ccc(C2CN(C3=c4ccc5c(c4CCC3)CC=c3ccccc3=5)C=Cc3c[c]ccc32)cc1. The van der Waals surface area contributed by atoms with Crippen molar-refractivity contribution in [1.82, 2.24) is 4.90 Å². The molecule has 3 aliphatic rings. The molecule has 3 nitrogen and oxygen atoms in total. The van der Waals surface area contributed by atoms with Gasteiger partial charge in [-0.2, -0.15) is 0 Å². The maximum absolute atomic E-state index is 11.6. The summed E-state index contributed by atoms with van der Waals surface area (Å²) in [6.45, 7) is 0.885. The number of hydrogen-bond acceptors (Lipinski definition) is 3. The van der Waals surface area contributed by atoms with E-state index in [2.05, 4.69) is 102 Å². The summed E-state index contributed by atoms with van der Waals surface area (Å²) in [5.41, 5.74) is 9.48. The molecule has 1 heterocycles. The molecule has 4 aromatic rings. The van der Waals surface area contributed by atoms with Crippen LogP contribution in [0.2, 0.25) is 0 Å². The summed E-state index contributed by atoms with van der Waals surface area (Å²) in [5, 5.41) is 5.54. The van der Waals surface area contributed by atoms with Gasteiger partial charge in [0.25, 0.3) is 0 Å². The molecule has 0 amide bonds. The predicted molar refractivity (Wildman–Crippen MR) is 164 cm³/mol. The van der Waals surface area contributed by atoms with Gasteiger partial charge in [-0.15, -0.1) is 0 Å². The molecule has 1 atom stereocenters. The summed E-state index contributed by atoms with van der Waals surface area (Å²) >= 11 is 0. The van der Waals surface area contributed by atoms with Crippen LogP contribution in [0.3, 0.4) is 0 Å². The van der Waals surface area contributed by atoms with Crippen LogP contribution in [0.5, 0.6) is 0 Å². The minimum absolute atomic E-state index is 0.169. The smallest absolute Gasteiger partial charge is 0.305 e. The van der Waals surface area contributed by atoms with Crippen LogP contribution in [0, 0.1) is 16.5 Å². The lowest BCUT2D eigenvalue weighted by atomic mass is 9.86. The molecule has 0 saturated carbocycles. The van der Waals surface area contributed by atoms with Crippen molar-refractivity contribution in [3.63, 3.8) is 0 Å². The summed E-state index contributed by atoms with van der Waals surface area (Å²) in [6, 6.07) is 32.0. The van der Waals surface area contributed by atoms with E-state index in [1.807, 2.05) is 6.07 Å². The van der Waals surface area contributed by atoms with E-state index in [9.17, 15) is 4.79 Å². The number of methoxy groups -OCH3 is 1. The van der Waals surface area contributed by atoms with Crippen molar-refractivity contribution in [3.05, 3.63) is 145 Å². The number of benzene rings is 4. The number of esters is 1. The first kappa shape index (κ1) is 25.6. The van der Waals surface area contributed by atoms with E-state index < -0.39 is 0 Å². The van der Waals surface area contributed by atoms with E-state index >= 15 is 0 Å². The lowest BCUT2D eigenvalue weighted by molar-refractivity contribution is -0.140. The minimum atomic E-state index is -0.169. The lowest BCUT2D eigenvalue weighted by Gasteiger charge is -2.31. The fraction of sp³-hybridized carbons (Fsp3) is 0.237. The van der Waals surface area contributed by atoms with Crippen LogP contribution in [0.1, 0.15) is 58.6 Å². The number of aryl methyl sites for hydroxylation is 1. The molecule has 0 saturated heterocycles. The van der Waals surface area contributed by atoms with Gasteiger partial charge in [-0.1, -0.05) is 78.9 Å². The number of nitrogens with zero attached hydrogens (tertiary/aromatic N) is 1. The fourth-order valence-electron chi connectivity index (χ4n) is 6.93. The molecule has 1 aliphatic heterocycles. The molecule has 0 N–H and O–H groups in total. The standard InChI is InChI=1S/C38H34NO2/c1-41-38(40)22-15-26-13-16-29(17-14-26)36-25-39(24-23-28-8-3-5-10-31(28)36)37-12-6-11-32-34-19-18-27-7-2-4-9-30(27)33(34)20-21-35(32)37/h2,4-5,7-10,13-14,16-18,20-21,23-24,36H,6,11-12,15,19,22,25H2,1H3. The van der Waals surface area contributed by atoms with Gasteiger partial charge in [0.1, 0.15) is 0 Å². The van der Waals surface area contributed by atoms with Gasteiger partial charge in [-0.05, 0) is 105 Å². The second-order valence-corrected chi connectivity index (χ2v) is 11.3. The molecular formula is C38H34NO2. The molecule has 4 aromatic carbocycles. The quantitative estimate of drug-likeness (QED) is 0.303. The zero-order valence-electron chi connectivity index (χ0n) is 23.5. The van der Waals surface area contributed by atoms with Crippen LogP contribution in [-0.4, -0.2) is 24.5 Å². The van der Waals surface area contributed by atoms with Crippen LogP contribution in [0.4, 0.5) is 0 Å². The Kier molecular flexibility index (Phi) is 6.80. The highest BCUT2D eigenvalue weighted by Crippen LogP contribution is 2.35. The molecule has 2 aliphatic carbocycles. The first-order valence-corrected chi connectivity index (χ1v) is 14.7. The number of carbonyl (C=O) groups excluding carboxylic acids is 1. The average molecular weight is 537 g/mol. The summed E-state index contributed by atoms with van der Waals surface area (Å²) < 4.78 is 4.83. The highest BCUT2D eigenvalue weighted by atomic mass is 16.5. The van der Waals surface area contributed by atoms with Gasteiger partial charge in [0.2, 0.25) is 0 Å². The molecule has 0 fully saturated rings. The molecule has 3 heteroatoms. The molecular weight excluding hydrogens is 502 g/mol. The van der Waals surface area contributed by atoms with Crippen LogP contribution in [0.15, 0.2) is 85.1 Å². The van der Waals surface area contributed by atoms with E-state index in [4.69, 9.17) is 4.74 Å². The first-order chi connectivity index (χ1) is 20.2. The van der Waals surface area contributed by atoms with Crippen molar-refractivity contribution < 1.29 is 9.53 Å². The highest BCUT2D eigenvalue weighted by molar-refractivity contribution is 5.69. The van der Waals surface area contributed by atoms with Gasteiger partial charge in [0.05, 0.1) is 7.11 Å². The second kappa shape index (κ2) is 10.9. The van der Waals surface area contributed by atoms with E-state index in [1.54, 1.807) is 0 Å². The van der Waals surface area contributed by atoms with Gasteiger partial charge < -0.3 is 9.64 Å². The Morgan fingerprint density at radius 1 is 0.951 bits per heavy atom. The Balaban J connectivity index is 1.30. The maximum atomic E-state index is 11.6. The molecule has 0 spiro atoms. The molecule has 0 bridgehead atoms. The van der Waals surface area contributed by atoms with Crippen molar-refractivity contribution in [2.24, 2.45) is 0 Å². The molecule has 0 aromatic heterocycles. The molecule has 203 valence electrons. The van der Waals surface area contributed by atoms with Crippen molar-refractivity contribution in [1.29, 1.82) is 0 Å². The third-order valence-corrected chi connectivity index (χ3v) is 9.05. The van der Waals surface area contributed by atoms with Gasteiger partial charge >= 0.3 is 5.97 Å². The van der Waals surface area contributed by atoms with E-state index in [1.165, 1.54) is 67.9 Å². The summed E-state index contributed by atoms with van der Waals surface area (Å²) in [5.74, 6) is 0.0536. The summed E-state index contributed by atoms with van der Waals surface area (Å²) in [6.07, 6.45) is 12.5. The fourth-order valence-corrected chi connectivity index (χ4v) is 6.93. The number of hydrogen-bond donors (Lipinski definition) is 0. The third-order valence-electron chi connectivity index (χ3n) is 9.05. The number of rotatable bonds is 5. The molecule has 41 heavy (non-hydrogen) atoms. The summed E-state index contributed by atoms with van der Waals surface area (Å²) in [4.78, 5) is 14.2. The van der Waals surface area contributed by atoms with Gasteiger partial charge in [-0.25, -0.2) is 0 Å².